The highest BCUT2D eigenvalue weighted by Gasteiger charge is 2.40. The Morgan fingerprint density at radius 1 is 1.30 bits per heavy atom. The van der Waals surface area contributed by atoms with Gasteiger partial charge in [0.25, 0.3) is 5.91 Å². The first kappa shape index (κ1) is 13.7. The lowest BCUT2D eigenvalue weighted by molar-refractivity contribution is 0.0199. The molecular formula is C16H23NO3. The molecule has 1 aromatic rings. The van der Waals surface area contributed by atoms with E-state index in [1.54, 1.807) is 6.26 Å². The molecule has 2 fully saturated rings. The van der Waals surface area contributed by atoms with Crippen LogP contribution in [0.2, 0.25) is 0 Å². The highest BCUT2D eigenvalue weighted by Crippen LogP contribution is 2.35. The van der Waals surface area contributed by atoms with Gasteiger partial charge in [0, 0.05) is 24.1 Å². The molecule has 1 aliphatic heterocycles. The van der Waals surface area contributed by atoms with Crippen LogP contribution in [0, 0.1) is 12.8 Å². The van der Waals surface area contributed by atoms with E-state index in [4.69, 9.17) is 4.42 Å². The first-order chi connectivity index (χ1) is 9.68. The molecule has 4 nitrogen and oxygen atoms in total. The molecule has 0 aromatic carbocycles. The van der Waals surface area contributed by atoms with Gasteiger partial charge in [-0.15, -0.1) is 0 Å². The zero-order valence-corrected chi connectivity index (χ0v) is 12.0. The number of aliphatic hydroxyl groups excluding tert-OH is 1. The zero-order chi connectivity index (χ0) is 14.1. The molecule has 1 amide bonds. The minimum Gasteiger partial charge on any atom is -0.459 e. The van der Waals surface area contributed by atoms with Gasteiger partial charge >= 0.3 is 0 Å². The molecule has 1 saturated carbocycles. The second-order valence-electron chi connectivity index (χ2n) is 6.16. The quantitative estimate of drug-likeness (QED) is 0.904. The van der Waals surface area contributed by atoms with Crippen LogP contribution in [-0.2, 0) is 0 Å². The van der Waals surface area contributed by atoms with Crippen molar-refractivity contribution in [1.29, 1.82) is 0 Å². The molecule has 0 radical (unpaired) electrons. The molecule has 110 valence electrons. The number of hydrogen-bond acceptors (Lipinski definition) is 3. The molecule has 1 aliphatic carbocycles. The topological polar surface area (TPSA) is 53.7 Å². The fourth-order valence-electron chi connectivity index (χ4n) is 3.80. The molecule has 0 bridgehead atoms. The van der Waals surface area contributed by atoms with E-state index in [-0.39, 0.29) is 24.0 Å². The maximum Gasteiger partial charge on any atom is 0.290 e. The second-order valence-corrected chi connectivity index (χ2v) is 6.16. The van der Waals surface area contributed by atoms with Crippen molar-refractivity contribution in [2.45, 2.75) is 57.6 Å². The van der Waals surface area contributed by atoms with Crippen LogP contribution in [0.4, 0.5) is 0 Å². The standard InChI is InChI=1S/C16H23NO3/c1-11-8-10-20-15(11)16(19)17-9-4-6-13(17)12-5-2-3-7-14(12)18/h8,10,12-14,18H,2-7,9H2,1H3. The molecule has 2 heterocycles. The average Bonchev–Trinajstić information content (AvgIpc) is 3.07. The van der Waals surface area contributed by atoms with Gasteiger partial charge in [-0.3, -0.25) is 4.79 Å². The van der Waals surface area contributed by atoms with Crippen LogP contribution in [0.3, 0.4) is 0 Å². The van der Waals surface area contributed by atoms with E-state index in [2.05, 4.69) is 0 Å². The van der Waals surface area contributed by atoms with Crippen LogP contribution in [0.5, 0.6) is 0 Å². The van der Waals surface area contributed by atoms with Crippen molar-refractivity contribution in [2.24, 2.45) is 5.92 Å². The average molecular weight is 277 g/mol. The molecular weight excluding hydrogens is 254 g/mol. The minimum absolute atomic E-state index is 0.00669. The monoisotopic (exact) mass is 277 g/mol. The number of rotatable bonds is 2. The summed E-state index contributed by atoms with van der Waals surface area (Å²) in [5, 5.41) is 10.3. The van der Waals surface area contributed by atoms with E-state index in [1.165, 1.54) is 6.42 Å². The number of likely N-dealkylation sites (tertiary alicyclic amines) is 1. The molecule has 2 aliphatic rings. The summed E-state index contributed by atoms with van der Waals surface area (Å²) in [6, 6.07) is 2.01. The van der Waals surface area contributed by atoms with E-state index >= 15 is 0 Å². The highest BCUT2D eigenvalue weighted by molar-refractivity contribution is 5.93. The lowest BCUT2D eigenvalue weighted by atomic mass is 9.80. The molecule has 20 heavy (non-hydrogen) atoms. The Morgan fingerprint density at radius 2 is 2.10 bits per heavy atom. The molecule has 1 N–H and O–H groups in total. The lowest BCUT2D eigenvalue weighted by Crippen LogP contribution is -2.45. The third kappa shape index (κ3) is 2.37. The van der Waals surface area contributed by atoms with Crippen molar-refractivity contribution < 1.29 is 14.3 Å². The molecule has 4 heteroatoms. The van der Waals surface area contributed by atoms with Gasteiger partial charge in [-0.1, -0.05) is 12.8 Å². The number of amides is 1. The molecule has 3 atom stereocenters. The number of aliphatic hydroxyl groups is 1. The zero-order valence-electron chi connectivity index (χ0n) is 12.0. The molecule has 3 rings (SSSR count). The SMILES string of the molecule is Cc1ccoc1C(=O)N1CCCC1C1CCCCC1O. The Bertz CT molecular complexity index is 482. The van der Waals surface area contributed by atoms with Crippen LogP contribution in [0.15, 0.2) is 16.7 Å². The van der Waals surface area contributed by atoms with Crippen LogP contribution in [0.1, 0.15) is 54.6 Å². The number of hydrogen-bond donors (Lipinski definition) is 1. The summed E-state index contributed by atoms with van der Waals surface area (Å²) >= 11 is 0. The Labute approximate surface area is 119 Å². The molecule has 3 unspecified atom stereocenters. The van der Waals surface area contributed by atoms with E-state index in [1.807, 2.05) is 17.9 Å². The van der Waals surface area contributed by atoms with Gasteiger partial charge in [-0.25, -0.2) is 0 Å². The van der Waals surface area contributed by atoms with Crippen LogP contribution < -0.4 is 0 Å². The van der Waals surface area contributed by atoms with Crippen LogP contribution in [0.25, 0.3) is 0 Å². The highest BCUT2D eigenvalue weighted by atomic mass is 16.3. The number of aryl methyl sites for hydroxylation is 1. The number of nitrogens with zero attached hydrogens (tertiary/aromatic N) is 1. The van der Waals surface area contributed by atoms with E-state index in [0.29, 0.717) is 5.76 Å². The first-order valence-electron chi connectivity index (χ1n) is 7.71. The van der Waals surface area contributed by atoms with Gasteiger partial charge < -0.3 is 14.4 Å². The number of furan rings is 1. The van der Waals surface area contributed by atoms with Gasteiger partial charge in [0.15, 0.2) is 5.76 Å². The summed E-state index contributed by atoms with van der Waals surface area (Å²) in [5.41, 5.74) is 0.893. The fraction of sp³-hybridized carbons (Fsp3) is 0.688. The molecule has 1 saturated heterocycles. The lowest BCUT2D eigenvalue weighted by Gasteiger charge is -2.37. The number of carbonyl (C=O) groups is 1. The molecule has 0 spiro atoms. The van der Waals surface area contributed by atoms with E-state index in [9.17, 15) is 9.90 Å². The minimum atomic E-state index is -0.250. The Kier molecular flexibility index (Phi) is 3.83. The smallest absolute Gasteiger partial charge is 0.290 e. The van der Waals surface area contributed by atoms with Crippen molar-refractivity contribution in [3.8, 4) is 0 Å². The number of carbonyl (C=O) groups excluding carboxylic acids is 1. The van der Waals surface area contributed by atoms with Crippen molar-refractivity contribution >= 4 is 5.91 Å². The predicted molar refractivity (Wildman–Crippen MR) is 75.5 cm³/mol. The van der Waals surface area contributed by atoms with Gasteiger partial charge in [0.05, 0.1) is 12.4 Å². The van der Waals surface area contributed by atoms with E-state index in [0.717, 1.165) is 44.2 Å². The Balaban J connectivity index is 1.78. The van der Waals surface area contributed by atoms with Crippen molar-refractivity contribution in [3.63, 3.8) is 0 Å². The third-order valence-electron chi connectivity index (χ3n) is 4.89. The van der Waals surface area contributed by atoms with Crippen molar-refractivity contribution in [2.75, 3.05) is 6.54 Å². The summed E-state index contributed by atoms with van der Waals surface area (Å²) in [5.74, 6) is 0.695. The van der Waals surface area contributed by atoms with Gasteiger partial charge in [0.2, 0.25) is 0 Å². The van der Waals surface area contributed by atoms with Crippen molar-refractivity contribution in [3.05, 3.63) is 23.7 Å². The maximum absolute atomic E-state index is 12.6. The predicted octanol–water partition coefficient (Wildman–Crippen LogP) is 2.74. The van der Waals surface area contributed by atoms with E-state index < -0.39 is 0 Å². The van der Waals surface area contributed by atoms with Crippen LogP contribution >= 0.6 is 0 Å². The Morgan fingerprint density at radius 3 is 2.80 bits per heavy atom. The fourth-order valence-corrected chi connectivity index (χ4v) is 3.80. The molecule has 1 aromatic heterocycles. The normalized spacial score (nSPS) is 30.7. The van der Waals surface area contributed by atoms with Crippen LogP contribution in [-0.4, -0.2) is 34.6 Å². The summed E-state index contributed by atoms with van der Waals surface area (Å²) in [6.45, 7) is 2.68. The van der Waals surface area contributed by atoms with Gasteiger partial charge in [0.1, 0.15) is 0 Å². The van der Waals surface area contributed by atoms with Gasteiger partial charge in [-0.2, -0.15) is 0 Å². The maximum atomic E-state index is 12.6. The van der Waals surface area contributed by atoms with Gasteiger partial charge in [-0.05, 0) is 38.7 Å². The summed E-state index contributed by atoms with van der Waals surface area (Å²) in [7, 11) is 0. The summed E-state index contributed by atoms with van der Waals surface area (Å²) < 4.78 is 5.35. The summed E-state index contributed by atoms with van der Waals surface area (Å²) in [4.78, 5) is 14.6. The summed E-state index contributed by atoms with van der Waals surface area (Å²) in [6.07, 6.45) is 7.54. The third-order valence-corrected chi connectivity index (χ3v) is 4.89. The Hall–Kier alpha value is -1.29. The van der Waals surface area contributed by atoms with Crippen molar-refractivity contribution in [1.82, 2.24) is 4.90 Å². The largest absolute Gasteiger partial charge is 0.459 e. The first-order valence-corrected chi connectivity index (χ1v) is 7.71. The second kappa shape index (κ2) is 5.60.